The number of hydrazone groups is 1. The summed E-state index contributed by atoms with van der Waals surface area (Å²) in [6.07, 6.45) is 1.62. The van der Waals surface area contributed by atoms with Crippen LogP contribution in [0.1, 0.15) is 27.3 Å². The molecule has 0 saturated carbocycles. The Morgan fingerprint density at radius 2 is 1.95 bits per heavy atom. The maximum absolute atomic E-state index is 11.9. The van der Waals surface area contributed by atoms with Gasteiger partial charge in [0.1, 0.15) is 0 Å². The van der Waals surface area contributed by atoms with Gasteiger partial charge in [0.05, 0.1) is 16.3 Å². The molecule has 21 heavy (non-hydrogen) atoms. The lowest BCUT2D eigenvalue weighted by Gasteiger charge is -2.02. The summed E-state index contributed by atoms with van der Waals surface area (Å²) in [4.78, 5) is 11.9. The number of carbonyl (C=O) groups excluding carboxylic acids is 1. The van der Waals surface area contributed by atoms with Crippen molar-refractivity contribution in [2.75, 3.05) is 0 Å². The van der Waals surface area contributed by atoms with E-state index in [1.54, 1.807) is 18.3 Å². The molecule has 0 radical (unpaired) electrons. The monoisotopic (exact) mass is 323 g/mol. The van der Waals surface area contributed by atoms with E-state index in [1.807, 2.05) is 27.0 Å². The first-order valence-corrected chi connectivity index (χ1v) is 7.07. The number of halogens is 2. The minimum absolute atomic E-state index is 0.336. The van der Waals surface area contributed by atoms with Crippen molar-refractivity contribution in [2.45, 2.75) is 13.8 Å². The Morgan fingerprint density at radius 1 is 1.24 bits per heavy atom. The number of hydrogen-bond donors (Lipinski definition) is 1. The van der Waals surface area contributed by atoms with Crippen molar-refractivity contribution in [1.29, 1.82) is 0 Å². The largest absolute Gasteiger partial charge is 0.352 e. The van der Waals surface area contributed by atoms with Gasteiger partial charge in [-0.05, 0) is 38.1 Å². The fraction of sp³-hybridized carbons (Fsp3) is 0.200. The van der Waals surface area contributed by atoms with Crippen LogP contribution in [0.4, 0.5) is 0 Å². The van der Waals surface area contributed by atoms with Crippen LogP contribution in [-0.4, -0.2) is 16.7 Å². The van der Waals surface area contributed by atoms with Crippen LogP contribution in [0.15, 0.2) is 29.4 Å². The number of benzene rings is 1. The van der Waals surface area contributed by atoms with E-state index in [0.29, 0.717) is 15.6 Å². The van der Waals surface area contributed by atoms with Gasteiger partial charge >= 0.3 is 0 Å². The second-order valence-corrected chi connectivity index (χ2v) is 5.53. The topological polar surface area (TPSA) is 46.4 Å². The van der Waals surface area contributed by atoms with Gasteiger partial charge in [0.15, 0.2) is 0 Å². The third kappa shape index (κ3) is 3.46. The molecule has 2 aromatic rings. The molecule has 1 N–H and O–H groups in total. The van der Waals surface area contributed by atoms with Gasteiger partial charge in [-0.2, -0.15) is 5.10 Å². The van der Waals surface area contributed by atoms with Crippen molar-refractivity contribution in [2.24, 2.45) is 12.1 Å². The lowest BCUT2D eigenvalue weighted by atomic mass is 10.2. The summed E-state index contributed by atoms with van der Waals surface area (Å²) in [6, 6.07) is 6.68. The maximum Gasteiger partial charge on any atom is 0.271 e. The minimum atomic E-state index is -0.338. The molecule has 0 atom stereocenters. The molecular weight excluding hydrogens is 309 g/mol. The number of nitrogens with one attached hydrogen (secondary N) is 1. The number of aromatic nitrogens is 1. The lowest BCUT2D eigenvalue weighted by molar-refractivity contribution is 0.0955. The molecule has 6 heteroatoms. The summed E-state index contributed by atoms with van der Waals surface area (Å²) in [5.41, 5.74) is 6.05. The van der Waals surface area contributed by atoms with Crippen LogP contribution in [-0.2, 0) is 7.05 Å². The number of aryl methyl sites for hydroxylation is 1. The molecular formula is C15H15Cl2N3O. The fourth-order valence-electron chi connectivity index (χ4n) is 1.88. The van der Waals surface area contributed by atoms with Gasteiger partial charge in [0.2, 0.25) is 0 Å². The Hall–Kier alpha value is -1.78. The predicted molar refractivity (Wildman–Crippen MR) is 86.4 cm³/mol. The molecule has 1 aromatic carbocycles. The number of carbonyl (C=O) groups is 1. The summed E-state index contributed by atoms with van der Waals surface area (Å²) in [7, 11) is 1.98. The van der Waals surface area contributed by atoms with E-state index >= 15 is 0 Å². The molecule has 0 unspecified atom stereocenters. The Labute approximate surface area is 133 Å². The first-order chi connectivity index (χ1) is 9.90. The molecule has 0 saturated heterocycles. The predicted octanol–water partition coefficient (Wildman–Crippen LogP) is 3.71. The number of hydrogen-bond acceptors (Lipinski definition) is 2. The SMILES string of the molecule is Cc1cc(/C=N\NC(=O)c2ccc(Cl)c(Cl)c2)c(C)n1C. The standard InChI is InChI=1S/C15H15Cl2N3O/c1-9-6-12(10(2)20(9)3)8-18-19-15(21)11-4-5-13(16)14(17)7-11/h4-8H,1-3H3,(H,19,21)/b18-8-. The van der Waals surface area contributed by atoms with Crippen LogP contribution < -0.4 is 5.43 Å². The maximum atomic E-state index is 11.9. The van der Waals surface area contributed by atoms with Crippen LogP contribution in [0.25, 0.3) is 0 Å². The molecule has 0 aliphatic carbocycles. The number of amides is 1. The summed E-state index contributed by atoms with van der Waals surface area (Å²) in [5, 5.41) is 4.72. The van der Waals surface area contributed by atoms with Crippen molar-refractivity contribution >= 4 is 35.3 Å². The molecule has 0 fully saturated rings. The highest BCUT2D eigenvalue weighted by Gasteiger charge is 2.07. The van der Waals surface area contributed by atoms with E-state index < -0.39 is 0 Å². The van der Waals surface area contributed by atoms with Crippen molar-refractivity contribution < 1.29 is 4.79 Å². The molecule has 1 heterocycles. The highest BCUT2D eigenvalue weighted by molar-refractivity contribution is 6.42. The second kappa shape index (κ2) is 6.33. The van der Waals surface area contributed by atoms with Gasteiger partial charge in [0.25, 0.3) is 5.91 Å². The van der Waals surface area contributed by atoms with Crippen molar-refractivity contribution in [3.8, 4) is 0 Å². The van der Waals surface area contributed by atoms with Gasteiger partial charge < -0.3 is 4.57 Å². The number of nitrogens with zero attached hydrogens (tertiary/aromatic N) is 2. The van der Waals surface area contributed by atoms with E-state index in [2.05, 4.69) is 15.1 Å². The molecule has 1 aromatic heterocycles. The van der Waals surface area contributed by atoms with Crippen LogP contribution in [0, 0.1) is 13.8 Å². The molecule has 2 rings (SSSR count). The summed E-state index contributed by atoms with van der Waals surface area (Å²) >= 11 is 11.7. The third-order valence-corrected chi connectivity index (χ3v) is 4.10. The molecule has 0 bridgehead atoms. The molecule has 0 aliphatic heterocycles. The Kier molecular flexibility index (Phi) is 4.70. The summed E-state index contributed by atoms with van der Waals surface area (Å²) < 4.78 is 2.06. The molecule has 110 valence electrons. The van der Waals surface area contributed by atoms with Crippen LogP contribution in [0.2, 0.25) is 10.0 Å². The van der Waals surface area contributed by atoms with Crippen molar-refractivity contribution in [3.63, 3.8) is 0 Å². The van der Waals surface area contributed by atoms with Crippen LogP contribution >= 0.6 is 23.2 Å². The number of rotatable bonds is 3. The second-order valence-electron chi connectivity index (χ2n) is 4.71. The Bertz CT molecular complexity index is 720. The average molecular weight is 324 g/mol. The highest BCUT2D eigenvalue weighted by atomic mass is 35.5. The quantitative estimate of drug-likeness (QED) is 0.679. The van der Waals surface area contributed by atoms with Gasteiger partial charge in [-0.1, -0.05) is 23.2 Å². The fourth-order valence-corrected chi connectivity index (χ4v) is 2.18. The van der Waals surface area contributed by atoms with Gasteiger partial charge in [0, 0.05) is 29.6 Å². The lowest BCUT2D eigenvalue weighted by Crippen LogP contribution is -2.17. The first kappa shape index (κ1) is 15.6. The Morgan fingerprint density at radius 3 is 2.52 bits per heavy atom. The van der Waals surface area contributed by atoms with Gasteiger partial charge in [-0.25, -0.2) is 5.43 Å². The molecule has 1 amide bonds. The van der Waals surface area contributed by atoms with E-state index in [0.717, 1.165) is 17.0 Å². The van der Waals surface area contributed by atoms with Crippen molar-refractivity contribution in [3.05, 3.63) is 56.8 Å². The van der Waals surface area contributed by atoms with E-state index in [4.69, 9.17) is 23.2 Å². The van der Waals surface area contributed by atoms with Crippen molar-refractivity contribution in [1.82, 2.24) is 9.99 Å². The van der Waals surface area contributed by atoms with Crippen LogP contribution in [0.5, 0.6) is 0 Å². The van der Waals surface area contributed by atoms with E-state index in [9.17, 15) is 4.79 Å². The summed E-state index contributed by atoms with van der Waals surface area (Å²) in [6.45, 7) is 4.01. The third-order valence-electron chi connectivity index (χ3n) is 3.37. The highest BCUT2D eigenvalue weighted by Crippen LogP contribution is 2.22. The molecule has 0 aliphatic rings. The van der Waals surface area contributed by atoms with Gasteiger partial charge in [-0.15, -0.1) is 0 Å². The normalized spacial score (nSPS) is 11.1. The van der Waals surface area contributed by atoms with Crippen LogP contribution in [0.3, 0.4) is 0 Å². The van der Waals surface area contributed by atoms with E-state index in [-0.39, 0.29) is 5.91 Å². The average Bonchev–Trinajstić information content (AvgIpc) is 2.69. The smallest absolute Gasteiger partial charge is 0.271 e. The minimum Gasteiger partial charge on any atom is -0.352 e. The summed E-state index contributed by atoms with van der Waals surface area (Å²) in [5.74, 6) is -0.338. The zero-order chi connectivity index (χ0) is 15.6. The first-order valence-electron chi connectivity index (χ1n) is 6.31. The van der Waals surface area contributed by atoms with Gasteiger partial charge in [-0.3, -0.25) is 4.79 Å². The zero-order valence-electron chi connectivity index (χ0n) is 11.9. The molecule has 0 spiro atoms. The van der Waals surface area contributed by atoms with E-state index in [1.165, 1.54) is 6.07 Å². The zero-order valence-corrected chi connectivity index (χ0v) is 13.5. The Balaban J connectivity index is 2.08. The molecule has 4 nitrogen and oxygen atoms in total.